The Bertz CT molecular complexity index is 1790. The van der Waals surface area contributed by atoms with E-state index < -0.39 is 0 Å². The van der Waals surface area contributed by atoms with Crippen molar-refractivity contribution in [2.75, 3.05) is 4.90 Å². The minimum atomic E-state index is 0.735. The Hall–Kier alpha value is -5.03. The third-order valence-electron chi connectivity index (χ3n) is 6.45. The lowest BCUT2D eigenvalue weighted by atomic mass is 10.1. The topological polar surface area (TPSA) is 46.8 Å². The van der Waals surface area contributed by atoms with Gasteiger partial charge in [0.15, 0.2) is 5.65 Å². The molecule has 0 unspecified atom stereocenters. The lowest BCUT2D eigenvalue weighted by Gasteiger charge is -2.25. The van der Waals surface area contributed by atoms with Gasteiger partial charge in [-0.15, -0.1) is 0 Å². The lowest BCUT2D eigenvalue weighted by molar-refractivity contribution is 1.08. The highest BCUT2D eigenvalue weighted by Gasteiger charge is 2.19. The summed E-state index contributed by atoms with van der Waals surface area (Å²) in [6.45, 7) is 0. The Morgan fingerprint density at radius 1 is 0.556 bits per heavy atom. The van der Waals surface area contributed by atoms with E-state index in [1.54, 1.807) is 6.20 Å². The molecule has 0 atom stereocenters. The van der Waals surface area contributed by atoms with Gasteiger partial charge >= 0.3 is 0 Å². The summed E-state index contributed by atoms with van der Waals surface area (Å²) in [4.78, 5) is 16.5. The molecule has 0 radical (unpaired) electrons. The molecule has 7 rings (SSSR count). The summed E-state index contributed by atoms with van der Waals surface area (Å²) in [7, 11) is 0. The summed E-state index contributed by atoms with van der Waals surface area (Å²) in [5, 5.41) is 2.05. The van der Waals surface area contributed by atoms with Crippen LogP contribution in [0.25, 0.3) is 38.8 Å². The molecule has 36 heavy (non-hydrogen) atoms. The number of para-hydroxylation sites is 2. The molecule has 5 heteroatoms. The second-order valence-corrected chi connectivity index (χ2v) is 8.64. The van der Waals surface area contributed by atoms with E-state index in [0.717, 1.165) is 55.8 Å². The van der Waals surface area contributed by atoms with Crippen LogP contribution in [0, 0.1) is 0 Å². The van der Waals surface area contributed by atoms with Gasteiger partial charge in [0.05, 0.1) is 16.6 Å². The van der Waals surface area contributed by atoms with Gasteiger partial charge in [0.1, 0.15) is 5.82 Å². The van der Waals surface area contributed by atoms with Crippen LogP contribution in [0.4, 0.5) is 17.1 Å². The predicted octanol–water partition coefficient (Wildman–Crippen LogP) is 7.59. The minimum absolute atomic E-state index is 0.735. The van der Waals surface area contributed by atoms with Crippen molar-refractivity contribution in [1.82, 2.24) is 19.5 Å². The second kappa shape index (κ2) is 8.32. The van der Waals surface area contributed by atoms with E-state index in [0.29, 0.717) is 0 Å². The number of hydrogen-bond donors (Lipinski definition) is 0. The maximum absolute atomic E-state index is 5.02. The number of nitrogens with zero attached hydrogens (tertiary/aromatic N) is 5. The standard InChI is InChI=1S/C31H21N5/c1-3-11-23(12-4-1)35(24-13-5-2-6-14-24)25-16-17-27-26(21-25)30-28(36(27)29-15-7-8-18-32-29)20-22-10-9-19-33-31(22)34-30/h1-21H. The van der Waals surface area contributed by atoms with Crippen molar-refractivity contribution >= 4 is 50.0 Å². The Morgan fingerprint density at radius 2 is 1.28 bits per heavy atom. The molecule has 0 saturated heterocycles. The van der Waals surface area contributed by atoms with Crippen molar-refractivity contribution in [3.63, 3.8) is 0 Å². The fraction of sp³-hybridized carbons (Fsp3) is 0. The summed E-state index contributed by atoms with van der Waals surface area (Å²) in [6, 6.07) is 39.5. The van der Waals surface area contributed by atoms with E-state index >= 15 is 0 Å². The molecule has 0 spiro atoms. The molecule has 0 bridgehead atoms. The first-order chi connectivity index (χ1) is 17.9. The zero-order valence-electron chi connectivity index (χ0n) is 19.4. The number of pyridine rings is 3. The van der Waals surface area contributed by atoms with E-state index in [4.69, 9.17) is 4.98 Å². The van der Waals surface area contributed by atoms with Gasteiger partial charge in [0.25, 0.3) is 0 Å². The Kier molecular flexibility index (Phi) is 4.71. The van der Waals surface area contributed by atoms with Crippen LogP contribution in [0.5, 0.6) is 0 Å². The second-order valence-electron chi connectivity index (χ2n) is 8.64. The smallest absolute Gasteiger partial charge is 0.159 e. The molecule has 4 heterocycles. The van der Waals surface area contributed by atoms with Crippen LogP contribution in [-0.2, 0) is 0 Å². The molecule has 7 aromatic rings. The quantitative estimate of drug-likeness (QED) is 0.270. The van der Waals surface area contributed by atoms with Crippen molar-refractivity contribution in [2.24, 2.45) is 0 Å². The van der Waals surface area contributed by atoms with Crippen molar-refractivity contribution < 1.29 is 0 Å². The van der Waals surface area contributed by atoms with Gasteiger partial charge in [0, 0.05) is 40.2 Å². The molecule has 3 aromatic carbocycles. The maximum Gasteiger partial charge on any atom is 0.159 e. The third-order valence-corrected chi connectivity index (χ3v) is 6.45. The molecule has 4 aromatic heterocycles. The van der Waals surface area contributed by atoms with Gasteiger partial charge in [0.2, 0.25) is 0 Å². The van der Waals surface area contributed by atoms with Crippen LogP contribution in [0.3, 0.4) is 0 Å². The third kappa shape index (κ3) is 3.29. The molecule has 0 N–H and O–H groups in total. The van der Waals surface area contributed by atoms with Gasteiger partial charge < -0.3 is 4.90 Å². The molecular weight excluding hydrogens is 442 g/mol. The van der Waals surface area contributed by atoms with Gasteiger partial charge in [-0.05, 0) is 72.8 Å². The van der Waals surface area contributed by atoms with Crippen LogP contribution in [-0.4, -0.2) is 19.5 Å². The van der Waals surface area contributed by atoms with Gasteiger partial charge in [-0.25, -0.2) is 15.0 Å². The van der Waals surface area contributed by atoms with Crippen LogP contribution in [0.1, 0.15) is 0 Å². The summed E-state index contributed by atoms with van der Waals surface area (Å²) < 4.78 is 2.18. The van der Waals surface area contributed by atoms with Crippen LogP contribution in [0.15, 0.2) is 128 Å². The van der Waals surface area contributed by atoms with Gasteiger partial charge in [-0.2, -0.15) is 0 Å². The number of aromatic nitrogens is 4. The Labute approximate surface area is 207 Å². The van der Waals surface area contributed by atoms with Crippen molar-refractivity contribution in [1.29, 1.82) is 0 Å². The Morgan fingerprint density at radius 3 is 2.00 bits per heavy atom. The molecule has 0 saturated carbocycles. The number of rotatable bonds is 4. The zero-order valence-corrected chi connectivity index (χ0v) is 19.4. The SMILES string of the molecule is c1ccc(N(c2ccccc2)c2ccc3c(c2)c2nc4ncccc4cc2n3-c2ccccn2)cc1. The fourth-order valence-corrected chi connectivity index (χ4v) is 4.87. The van der Waals surface area contributed by atoms with Crippen LogP contribution in [0.2, 0.25) is 0 Å². The summed E-state index contributed by atoms with van der Waals surface area (Å²) in [5.74, 6) is 0.860. The highest BCUT2D eigenvalue weighted by atomic mass is 15.1. The summed E-state index contributed by atoms with van der Waals surface area (Å²) >= 11 is 0. The summed E-state index contributed by atoms with van der Waals surface area (Å²) in [6.07, 6.45) is 3.61. The first-order valence-electron chi connectivity index (χ1n) is 11.9. The van der Waals surface area contributed by atoms with E-state index in [1.165, 1.54) is 0 Å². The monoisotopic (exact) mass is 463 g/mol. The summed E-state index contributed by atoms with van der Waals surface area (Å²) in [5.41, 5.74) is 6.95. The minimum Gasteiger partial charge on any atom is -0.310 e. The zero-order chi connectivity index (χ0) is 23.9. The van der Waals surface area contributed by atoms with Crippen molar-refractivity contribution in [3.05, 3.63) is 128 Å². The van der Waals surface area contributed by atoms with Crippen molar-refractivity contribution in [3.8, 4) is 5.82 Å². The first-order valence-corrected chi connectivity index (χ1v) is 11.9. The average Bonchev–Trinajstić information content (AvgIpc) is 3.26. The number of benzene rings is 3. The Balaban J connectivity index is 1.54. The molecule has 0 aliphatic carbocycles. The molecule has 0 fully saturated rings. The van der Waals surface area contributed by atoms with Crippen molar-refractivity contribution in [2.45, 2.75) is 0 Å². The largest absolute Gasteiger partial charge is 0.310 e. The normalized spacial score (nSPS) is 11.3. The molecular formula is C31H21N5. The van der Waals surface area contributed by atoms with Crippen LogP contribution >= 0.6 is 0 Å². The van der Waals surface area contributed by atoms with Gasteiger partial charge in [-0.1, -0.05) is 42.5 Å². The predicted molar refractivity (Wildman–Crippen MR) is 146 cm³/mol. The lowest BCUT2D eigenvalue weighted by Crippen LogP contribution is -2.09. The molecule has 0 amide bonds. The number of hydrogen-bond acceptors (Lipinski definition) is 4. The molecule has 0 aliphatic heterocycles. The number of fused-ring (bicyclic) bond motifs is 4. The maximum atomic E-state index is 5.02. The highest BCUT2D eigenvalue weighted by Crippen LogP contribution is 2.39. The van der Waals surface area contributed by atoms with E-state index in [9.17, 15) is 0 Å². The molecule has 170 valence electrons. The van der Waals surface area contributed by atoms with E-state index in [1.807, 2.05) is 48.7 Å². The van der Waals surface area contributed by atoms with E-state index in [2.05, 4.69) is 92.2 Å². The molecule has 5 nitrogen and oxygen atoms in total. The fourth-order valence-electron chi connectivity index (χ4n) is 4.87. The highest BCUT2D eigenvalue weighted by molar-refractivity contribution is 6.11. The van der Waals surface area contributed by atoms with Gasteiger partial charge in [-0.3, -0.25) is 4.57 Å². The first kappa shape index (κ1) is 20.4. The average molecular weight is 464 g/mol. The molecule has 0 aliphatic rings. The van der Waals surface area contributed by atoms with E-state index in [-0.39, 0.29) is 0 Å². The van der Waals surface area contributed by atoms with Crippen LogP contribution < -0.4 is 4.90 Å². The number of anilines is 3.